The number of amides is 1. The number of nitrogens with one attached hydrogen (secondary N) is 1. The molecule has 0 spiro atoms. The molecule has 0 fully saturated rings. The standard InChI is InChI=1S/C9H10BrIN2O/c10-7-2-3-8(13-6-7)9(14)12-5-1-4-11/h2-3,6H,1,4-5H2,(H,12,14). The molecule has 0 aliphatic heterocycles. The van der Waals surface area contributed by atoms with Crippen LogP contribution in [0.5, 0.6) is 0 Å². The molecule has 1 rings (SSSR count). The summed E-state index contributed by atoms with van der Waals surface area (Å²) in [5.74, 6) is -0.109. The summed E-state index contributed by atoms with van der Waals surface area (Å²) in [6, 6.07) is 3.50. The summed E-state index contributed by atoms with van der Waals surface area (Å²) in [5, 5.41) is 2.80. The minimum atomic E-state index is -0.109. The van der Waals surface area contributed by atoms with Crippen LogP contribution < -0.4 is 5.32 Å². The molecule has 1 aromatic heterocycles. The fourth-order valence-electron chi connectivity index (χ4n) is 0.869. The van der Waals surface area contributed by atoms with Gasteiger partial charge in [0.15, 0.2) is 0 Å². The Labute approximate surface area is 105 Å². The van der Waals surface area contributed by atoms with Gasteiger partial charge in [-0.1, -0.05) is 22.6 Å². The molecule has 0 atom stereocenters. The van der Waals surface area contributed by atoms with Crippen LogP contribution in [0.1, 0.15) is 16.9 Å². The number of rotatable bonds is 4. The molecular formula is C9H10BrIN2O. The first-order valence-electron chi connectivity index (χ1n) is 4.20. The van der Waals surface area contributed by atoms with E-state index in [1.165, 1.54) is 0 Å². The van der Waals surface area contributed by atoms with Crippen LogP contribution in [-0.2, 0) is 0 Å². The minimum absolute atomic E-state index is 0.109. The summed E-state index contributed by atoms with van der Waals surface area (Å²) in [6.45, 7) is 0.708. The number of carbonyl (C=O) groups excluding carboxylic acids is 1. The van der Waals surface area contributed by atoms with Crippen LogP contribution in [0.3, 0.4) is 0 Å². The Kier molecular flexibility index (Phi) is 5.39. The zero-order chi connectivity index (χ0) is 10.4. The molecular weight excluding hydrogens is 359 g/mol. The van der Waals surface area contributed by atoms with Gasteiger partial charge in [-0.25, -0.2) is 4.98 Å². The Bertz CT molecular complexity index is 302. The highest BCUT2D eigenvalue weighted by molar-refractivity contribution is 14.1. The fraction of sp³-hybridized carbons (Fsp3) is 0.333. The Morgan fingerprint density at radius 3 is 2.93 bits per heavy atom. The predicted octanol–water partition coefficient (Wildman–Crippen LogP) is 2.40. The number of alkyl halides is 1. The van der Waals surface area contributed by atoms with Gasteiger partial charge in [-0.05, 0) is 34.5 Å². The van der Waals surface area contributed by atoms with Crippen molar-refractivity contribution in [2.45, 2.75) is 6.42 Å². The summed E-state index contributed by atoms with van der Waals surface area (Å²) in [6.07, 6.45) is 2.61. The van der Waals surface area contributed by atoms with Gasteiger partial charge in [0.1, 0.15) is 5.69 Å². The summed E-state index contributed by atoms with van der Waals surface area (Å²) < 4.78 is 1.92. The molecule has 14 heavy (non-hydrogen) atoms. The first-order chi connectivity index (χ1) is 6.74. The average molecular weight is 369 g/mol. The third kappa shape index (κ3) is 3.91. The maximum Gasteiger partial charge on any atom is 0.269 e. The van der Waals surface area contributed by atoms with Crippen molar-refractivity contribution in [2.75, 3.05) is 11.0 Å². The SMILES string of the molecule is O=C(NCCCI)c1ccc(Br)cn1. The van der Waals surface area contributed by atoms with Crippen LogP contribution in [0, 0.1) is 0 Å². The summed E-state index contributed by atoms with van der Waals surface area (Å²) in [4.78, 5) is 15.4. The highest BCUT2D eigenvalue weighted by atomic mass is 127. The third-order valence-corrected chi connectivity index (χ3v) is 2.79. The average Bonchev–Trinajstić information content (AvgIpc) is 2.19. The largest absolute Gasteiger partial charge is 0.351 e. The van der Waals surface area contributed by atoms with Gasteiger partial charge >= 0.3 is 0 Å². The maximum atomic E-state index is 11.4. The van der Waals surface area contributed by atoms with E-state index in [4.69, 9.17) is 0 Å². The fourth-order valence-corrected chi connectivity index (χ4v) is 1.49. The second-order valence-corrected chi connectivity index (χ2v) is 4.65. The van der Waals surface area contributed by atoms with Crippen molar-refractivity contribution >= 4 is 44.4 Å². The molecule has 0 radical (unpaired) electrons. The summed E-state index contributed by atoms with van der Waals surface area (Å²) in [7, 11) is 0. The van der Waals surface area contributed by atoms with E-state index < -0.39 is 0 Å². The highest BCUT2D eigenvalue weighted by Gasteiger charge is 2.04. The summed E-state index contributed by atoms with van der Waals surface area (Å²) >= 11 is 5.54. The first kappa shape index (κ1) is 11.9. The molecule has 1 N–H and O–H groups in total. The lowest BCUT2D eigenvalue weighted by Gasteiger charge is -2.02. The van der Waals surface area contributed by atoms with Crippen LogP contribution in [0.4, 0.5) is 0 Å². The molecule has 0 unspecified atom stereocenters. The van der Waals surface area contributed by atoms with E-state index in [0.717, 1.165) is 15.3 Å². The molecule has 0 aliphatic rings. The minimum Gasteiger partial charge on any atom is -0.351 e. The van der Waals surface area contributed by atoms with Gasteiger partial charge < -0.3 is 5.32 Å². The van der Waals surface area contributed by atoms with E-state index in [9.17, 15) is 4.79 Å². The van der Waals surface area contributed by atoms with Crippen LogP contribution in [-0.4, -0.2) is 21.9 Å². The molecule has 76 valence electrons. The first-order valence-corrected chi connectivity index (χ1v) is 6.51. The van der Waals surface area contributed by atoms with Gasteiger partial charge in [0.25, 0.3) is 5.91 Å². The smallest absolute Gasteiger partial charge is 0.269 e. The number of hydrogen-bond acceptors (Lipinski definition) is 2. The quantitative estimate of drug-likeness (QED) is 0.503. The van der Waals surface area contributed by atoms with E-state index in [0.29, 0.717) is 12.2 Å². The Morgan fingerprint density at radius 1 is 1.57 bits per heavy atom. The van der Waals surface area contributed by atoms with E-state index in [1.54, 1.807) is 18.3 Å². The molecule has 5 heteroatoms. The Balaban J connectivity index is 2.48. The van der Waals surface area contributed by atoms with Gasteiger partial charge in [0.05, 0.1) is 0 Å². The van der Waals surface area contributed by atoms with Gasteiger partial charge in [0, 0.05) is 21.6 Å². The molecule has 0 aromatic carbocycles. The second-order valence-electron chi connectivity index (χ2n) is 2.66. The number of hydrogen-bond donors (Lipinski definition) is 1. The van der Waals surface area contributed by atoms with Gasteiger partial charge in [-0.15, -0.1) is 0 Å². The van der Waals surface area contributed by atoms with Crippen molar-refractivity contribution < 1.29 is 4.79 Å². The lowest BCUT2D eigenvalue weighted by atomic mass is 10.3. The highest BCUT2D eigenvalue weighted by Crippen LogP contribution is 2.07. The lowest BCUT2D eigenvalue weighted by Crippen LogP contribution is -2.25. The Hall–Kier alpha value is -0.170. The van der Waals surface area contributed by atoms with Crippen LogP contribution in [0.25, 0.3) is 0 Å². The van der Waals surface area contributed by atoms with Crippen molar-refractivity contribution in [3.63, 3.8) is 0 Å². The van der Waals surface area contributed by atoms with Crippen LogP contribution in [0.15, 0.2) is 22.8 Å². The van der Waals surface area contributed by atoms with Crippen molar-refractivity contribution in [3.8, 4) is 0 Å². The van der Waals surface area contributed by atoms with Crippen LogP contribution in [0.2, 0.25) is 0 Å². The lowest BCUT2D eigenvalue weighted by molar-refractivity contribution is 0.0949. The number of carbonyl (C=O) groups is 1. The number of halogens is 2. The van der Waals surface area contributed by atoms with E-state index in [-0.39, 0.29) is 5.91 Å². The predicted molar refractivity (Wildman–Crippen MR) is 67.8 cm³/mol. The zero-order valence-corrected chi connectivity index (χ0v) is 11.2. The van der Waals surface area contributed by atoms with Crippen LogP contribution >= 0.6 is 38.5 Å². The van der Waals surface area contributed by atoms with E-state index >= 15 is 0 Å². The summed E-state index contributed by atoms with van der Waals surface area (Å²) in [5.41, 5.74) is 0.460. The monoisotopic (exact) mass is 368 g/mol. The maximum absolute atomic E-state index is 11.4. The van der Waals surface area contributed by atoms with E-state index in [1.807, 2.05) is 0 Å². The molecule has 3 nitrogen and oxygen atoms in total. The molecule has 1 aromatic rings. The number of nitrogens with zero attached hydrogens (tertiary/aromatic N) is 1. The number of aromatic nitrogens is 1. The van der Waals surface area contributed by atoms with Crippen molar-refractivity contribution in [3.05, 3.63) is 28.5 Å². The number of pyridine rings is 1. The van der Waals surface area contributed by atoms with Crippen molar-refractivity contribution in [1.82, 2.24) is 10.3 Å². The normalized spacial score (nSPS) is 9.86. The van der Waals surface area contributed by atoms with E-state index in [2.05, 4.69) is 48.8 Å². The second kappa shape index (κ2) is 6.34. The topological polar surface area (TPSA) is 42.0 Å². The van der Waals surface area contributed by atoms with Crippen molar-refractivity contribution in [1.29, 1.82) is 0 Å². The molecule has 0 bridgehead atoms. The zero-order valence-electron chi connectivity index (χ0n) is 7.46. The molecule has 0 aliphatic carbocycles. The molecule has 0 saturated carbocycles. The van der Waals surface area contributed by atoms with Gasteiger partial charge in [-0.3, -0.25) is 4.79 Å². The third-order valence-electron chi connectivity index (χ3n) is 1.56. The van der Waals surface area contributed by atoms with Gasteiger partial charge in [-0.2, -0.15) is 0 Å². The van der Waals surface area contributed by atoms with Gasteiger partial charge in [0.2, 0.25) is 0 Å². The Morgan fingerprint density at radius 2 is 2.36 bits per heavy atom. The van der Waals surface area contributed by atoms with Crippen molar-refractivity contribution in [2.24, 2.45) is 0 Å². The molecule has 1 amide bonds. The molecule has 1 heterocycles. The molecule has 0 saturated heterocycles.